The summed E-state index contributed by atoms with van der Waals surface area (Å²) >= 11 is 0. The van der Waals surface area contributed by atoms with Gasteiger partial charge in [0.25, 0.3) is 0 Å². The van der Waals surface area contributed by atoms with Crippen LogP contribution in [0.1, 0.15) is 0 Å². The van der Waals surface area contributed by atoms with E-state index in [1.165, 1.54) is 49.0 Å². The first-order valence-electron chi connectivity index (χ1n) is 28.9. The van der Waals surface area contributed by atoms with Gasteiger partial charge in [0.15, 0.2) is 0 Å². The zero-order valence-electron chi connectivity index (χ0n) is 47.1. The molecule has 0 unspecified atom stereocenters. The summed E-state index contributed by atoms with van der Waals surface area (Å²) in [5.74, 6) is 0. The van der Waals surface area contributed by atoms with Crippen LogP contribution in [-0.2, 0) is 20.1 Å². The van der Waals surface area contributed by atoms with E-state index < -0.39 is 0 Å². The van der Waals surface area contributed by atoms with Crippen molar-refractivity contribution in [2.24, 2.45) is 0 Å². The molecular formula is C81H48IrN3O3. The Morgan fingerprint density at radius 3 is 0.807 bits per heavy atom. The Kier molecular flexibility index (Phi) is 14.1. The minimum absolute atomic E-state index is 0. The molecule has 0 N–H and O–H groups in total. The van der Waals surface area contributed by atoms with Gasteiger partial charge in [0.1, 0.15) is 16.7 Å². The van der Waals surface area contributed by atoms with E-state index >= 15 is 0 Å². The van der Waals surface area contributed by atoms with Gasteiger partial charge in [0, 0.05) is 34.7 Å². The standard InChI is InChI=1S/3C27H16NO.Ir/c3*1-2-9-20-18(7-1)8-5-11-21(20)19-15-16-25(28-17-19)24-13-6-12-23-22-10-3-4-14-26(22)29-27(23)24;/h3*1-12,14-17H;/q3*-1;+3. The number of fused-ring (bicyclic) bond motifs is 12. The third-order valence-electron chi connectivity index (χ3n) is 16.4. The normalized spacial score (nSPS) is 11.3. The van der Waals surface area contributed by atoms with Gasteiger partial charge in [-0.15, -0.1) is 54.6 Å². The van der Waals surface area contributed by atoms with Crippen molar-refractivity contribution in [1.29, 1.82) is 0 Å². The number of benzene rings is 12. The van der Waals surface area contributed by atoms with Crippen LogP contribution in [0.15, 0.2) is 305 Å². The van der Waals surface area contributed by atoms with Gasteiger partial charge in [-0.1, -0.05) is 251 Å². The summed E-state index contributed by atoms with van der Waals surface area (Å²) < 4.78 is 18.4. The molecule has 6 heterocycles. The van der Waals surface area contributed by atoms with Gasteiger partial charge < -0.3 is 28.2 Å². The maximum atomic E-state index is 6.14. The Bertz CT molecular complexity index is 5020. The van der Waals surface area contributed by atoms with Crippen molar-refractivity contribution in [3.8, 4) is 67.2 Å². The van der Waals surface area contributed by atoms with Crippen molar-refractivity contribution in [2.75, 3.05) is 0 Å². The van der Waals surface area contributed by atoms with Crippen LogP contribution < -0.4 is 0 Å². The van der Waals surface area contributed by atoms with Crippen LogP contribution >= 0.6 is 0 Å². The summed E-state index contributed by atoms with van der Waals surface area (Å²) in [5.41, 5.74) is 17.3. The zero-order valence-corrected chi connectivity index (χ0v) is 49.5. The van der Waals surface area contributed by atoms with E-state index in [2.05, 4.69) is 218 Å². The van der Waals surface area contributed by atoms with Crippen LogP contribution in [-0.4, -0.2) is 15.0 Å². The van der Waals surface area contributed by atoms with Gasteiger partial charge in [0.2, 0.25) is 0 Å². The maximum Gasteiger partial charge on any atom is 3.00 e. The number of aromatic nitrogens is 3. The molecule has 0 atom stereocenters. The molecule has 414 valence electrons. The van der Waals surface area contributed by atoms with Crippen molar-refractivity contribution < 1.29 is 33.4 Å². The quantitative estimate of drug-likeness (QED) is 0.154. The van der Waals surface area contributed by atoms with Crippen LogP contribution in [0, 0.1) is 18.2 Å². The van der Waals surface area contributed by atoms with Gasteiger partial charge in [0.05, 0.1) is 16.7 Å². The summed E-state index contributed by atoms with van der Waals surface area (Å²) in [6, 6.07) is 103. The molecular weight excluding hydrogens is 1260 g/mol. The second-order valence-corrected chi connectivity index (χ2v) is 21.5. The molecule has 0 radical (unpaired) electrons. The minimum Gasteiger partial charge on any atom is -0.501 e. The Morgan fingerprint density at radius 2 is 0.511 bits per heavy atom. The molecule has 6 nitrogen and oxygen atoms in total. The molecule has 6 aromatic heterocycles. The first kappa shape index (κ1) is 53.6. The second kappa shape index (κ2) is 23.1. The van der Waals surface area contributed by atoms with Crippen molar-refractivity contribution in [1.82, 2.24) is 15.0 Å². The number of furan rings is 3. The number of para-hydroxylation sites is 3. The van der Waals surface area contributed by atoms with Gasteiger partial charge in [-0.3, -0.25) is 0 Å². The summed E-state index contributed by atoms with van der Waals surface area (Å²) in [5, 5.41) is 14.0. The monoisotopic (exact) mass is 1300 g/mol. The maximum absolute atomic E-state index is 6.14. The van der Waals surface area contributed by atoms with Crippen molar-refractivity contribution >= 4 is 98.1 Å². The summed E-state index contributed by atoms with van der Waals surface area (Å²) in [4.78, 5) is 14.3. The molecule has 18 aromatic rings. The Hall–Kier alpha value is -11.1. The molecule has 0 aliphatic heterocycles. The molecule has 0 spiro atoms. The zero-order chi connectivity index (χ0) is 57.6. The SMILES string of the molecule is [Ir+3].[c-]1ccc2c(oc3ccccc32)c1-c1ccc(-c2cccc3ccccc23)cn1.[c-]1ccc2c(oc3ccccc32)c1-c1ccc(-c2cccc3ccccc23)cn1.[c-]1ccc2c(oc3ccccc32)c1-c1ccc(-c2cccc3ccccc23)cn1. The summed E-state index contributed by atoms with van der Waals surface area (Å²) in [7, 11) is 0. The van der Waals surface area contributed by atoms with Gasteiger partial charge in [-0.05, 0) is 101 Å². The van der Waals surface area contributed by atoms with Crippen LogP contribution in [0.4, 0.5) is 0 Å². The molecule has 18 rings (SSSR count). The Labute approximate surface area is 520 Å². The molecule has 0 fully saturated rings. The average Bonchev–Trinajstić information content (AvgIpc) is 4.05. The van der Waals surface area contributed by atoms with E-state index in [0.717, 1.165) is 116 Å². The molecule has 0 saturated heterocycles. The topological polar surface area (TPSA) is 78.1 Å². The first-order chi connectivity index (χ1) is 43.1. The number of rotatable bonds is 6. The van der Waals surface area contributed by atoms with Crippen LogP contribution in [0.2, 0.25) is 0 Å². The van der Waals surface area contributed by atoms with E-state index in [1.807, 2.05) is 91.4 Å². The molecule has 12 aromatic carbocycles. The smallest absolute Gasteiger partial charge is 0.501 e. The van der Waals surface area contributed by atoms with Crippen LogP contribution in [0.5, 0.6) is 0 Å². The van der Waals surface area contributed by atoms with E-state index in [1.54, 1.807) is 0 Å². The molecule has 0 bridgehead atoms. The molecule has 0 amide bonds. The van der Waals surface area contributed by atoms with Gasteiger partial charge in [-0.25, -0.2) is 0 Å². The fourth-order valence-corrected chi connectivity index (χ4v) is 12.2. The predicted octanol–water partition coefficient (Wildman–Crippen LogP) is 21.8. The summed E-state index contributed by atoms with van der Waals surface area (Å²) in [6.45, 7) is 0. The fraction of sp³-hybridized carbons (Fsp3) is 0. The van der Waals surface area contributed by atoms with Gasteiger partial charge >= 0.3 is 20.1 Å². The third kappa shape index (κ3) is 9.75. The van der Waals surface area contributed by atoms with Crippen molar-refractivity contribution in [3.05, 3.63) is 310 Å². The molecule has 0 aliphatic rings. The van der Waals surface area contributed by atoms with Gasteiger partial charge in [-0.2, -0.15) is 0 Å². The predicted molar refractivity (Wildman–Crippen MR) is 356 cm³/mol. The fourth-order valence-electron chi connectivity index (χ4n) is 12.2. The summed E-state index contributed by atoms with van der Waals surface area (Å²) in [6.07, 6.45) is 5.81. The molecule has 0 aliphatic carbocycles. The van der Waals surface area contributed by atoms with E-state index in [0.29, 0.717) is 0 Å². The third-order valence-corrected chi connectivity index (χ3v) is 16.4. The number of hydrogen-bond acceptors (Lipinski definition) is 6. The Morgan fingerprint density at radius 1 is 0.239 bits per heavy atom. The number of hydrogen-bond donors (Lipinski definition) is 0. The van der Waals surface area contributed by atoms with Crippen LogP contribution in [0.3, 0.4) is 0 Å². The average molecular weight is 1300 g/mol. The molecule has 0 saturated carbocycles. The number of pyridine rings is 3. The molecule has 88 heavy (non-hydrogen) atoms. The van der Waals surface area contributed by atoms with Crippen molar-refractivity contribution in [2.45, 2.75) is 0 Å². The second-order valence-electron chi connectivity index (χ2n) is 21.5. The Balaban J connectivity index is 0.000000110. The van der Waals surface area contributed by atoms with E-state index in [9.17, 15) is 0 Å². The largest absolute Gasteiger partial charge is 3.00 e. The van der Waals surface area contributed by atoms with E-state index in [4.69, 9.17) is 28.2 Å². The first-order valence-corrected chi connectivity index (χ1v) is 28.9. The van der Waals surface area contributed by atoms with E-state index in [-0.39, 0.29) is 20.1 Å². The minimum atomic E-state index is 0. The van der Waals surface area contributed by atoms with Crippen LogP contribution in [0.25, 0.3) is 165 Å². The van der Waals surface area contributed by atoms with Crippen molar-refractivity contribution in [3.63, 3.8) is 0 Å². The number of nitrogens with zero attached hydrogens (tertiary/aromatic N) is 3. The molecule has 7 heteroatoms.